The quantitative estimate of drug-likeness (QED) is 0.839. The Labute approximate surface area is 148 Å². The van der Waals surface area contributed by atoms with Crippen LogP contribution < -0.4 is 4.74 Å². The van der Waals surface area contributed by atoms with Crippen LogP contribution in [0, 0.1) is 5.82 Å². The average Bonchev–Trinajstić information content (AvgIpc) is 2.61. The molecule has 0 amide bonds. The number of nitrogens with zero attached hydrogens (tertiary/aromatic N) is 2. The zero-order valence-corrected chi connectivity index (χ0v) is 14.0. The standard InChI is InChI=1S/C19H15FN2O4/c1-10-15(18(24)16-5-12(20)2-3-14(16)17(10)23)4-11-6-21-19(22-7-11)26-13-8-25-9-13/h2-3,5-7,13H,4,8-9H2,1H3. The largest absolute Gasteiger partial charge is 0.455 e. The Balaban J connectivity index is 1.58. The molecule has 0 unspecified atom stereocenters. The molecule has 132 valence electrons. The third-order valence-corrected chi connectivity index (χ3v) is 4.48. The highest BCUT2D eigenvalue weighted by atomic mass is 19.1. The van der Waals surface area contributed by atoms with Gasteiger partial charge in [-0.1, -0.05) is 0 Å². The Morgan fingerprint density at radius 3 is 2.54 bits per heavy atom. The first kappa shape index (κ1) is 16.5. The lowest BCUT2D eigenvalue weighted by atomic mass is 9.82. The fraction of sp³-hybridized carbons (Fsp3) is 0.263. The van der Waals surface area contributed by atoms with Crippen LogP contribution in [0.4, 0.5) is 4.39 Å². The number of aromatic nitrogens is 2. The van der Waals surface area contributed by atoms with E-state index >= 15 is 0 Å². The molecule has 0 bridgehead atoms. The predicted octanol–water partition coefficient (Wildman–Crippen LogP) is 2.33. The van der Waals surface area contributed by atoms with Crippen molar-refractivity contribution >= 4 is 11.6 Å². The Hall–Kier alpha value is -2.93. The van der Waals surface area contributed by atoms with Crippen molar-refractivity contribution in [3.8, 4) is 6.01 Å². The van der Waals surface area contributed by atoms with Gasteiger partial charge in [-0.3, -0.25) is 9.59 Å². The maximum Gasteiger partial charge on any atom is 0.316 e. The second kappa shape index (κ2) is 6.42. The van der Waals surface area contributed by atoms with Gasteiger partial charge >= 0.3 is 6.01 Å². The lowest BCUT2D eigenvalue weighted by molar-refractivity contribution is -0.0831. The molecule has 0 spiro atoms. The molecular weight excluding hydrogens is 339 g/mol. The number of Topliss-reactive ketones (excluding diaryl/α,β-unsaturated/α-hetero) is 2. The number of fused-ring (bicyclic) bond motifs is 1. The number of ether oxygens (including phenoxy) is 2. The molecule has 0 radical (unpaired) electrons. The van der Waals surface area contributed by atoms with E-state index in [4.69, 9.17) is 9.47 Å². The van der Waals surface area contributed by atoms with Gasteiger partial charge in [0.05, 0.1) is 13.2 Å². The van der Waals surface area contributed by atoms with Gasteiger partial charge in [0.2, 0.25) is 0 Å². The number of halogens is 1. The van der Waals surface area contributed by atoms with Crippen molar-refractivity contribution < 1.29 is 23.5 Å². The van der Waals surface area contributed by atoms with Gasteiger partial charge in [-0.2, -0.15) is 0 Å². The summed E-state index contributed by atoms with van der Waals surface area (Å²) >= 11 is 0. The topological polar surface area (TPSA) is 78.4 Å². The fourth-order valence-electron chi connectivity index (χ4n) is 2.92. The summed E-state index contributed by atoms with van der Waals surface area (Å²) in [5.41, 5.74) is 1.69. The Morgan fingerprint density at radius 2 is 1.88 bits per heavy atom. The molecule has 0 N–H and O–H groups in total. The summed E-state index contributed by atoms with van der Waals surface area (Å²) in [4.78, 5) is 33.5. The van der Waals surface area contributed by atoms with Gasteiger partial charge in [0.1, 0.15) is 11.9 Å². The predicted molar refractivity (Wildman–Crippen MR) is 88.7 cm³/mol. The summed E-state index contributed by atoms with van der Waals surface area (Å²) in [7, 11) is 0. The molecule has 1 fully saturated rings. The van der Waals surface area contributed by atoms with Crippen molar-refractivity contribution in [2.24, 2.45) is 0 Å². The van der Waals surface area contributed by atoms with Gasteiger partial charge in [0, 0.05) is 41.1 Å². The molecule has 7 heteroatoms. The summed E-state index contributed by atoms with van der Waals surface area (Å²) in [6, 6.07) is 3.88. The molecule has 2 aliphatic rings. The van der Waals surface area contributed by atoms with Gasteiger partial charge in [-0.25, -0.2) is 14.4 Å². The Kier molecular flexibility index (Phi) is 4.08. The van der Waals surface area contributed by atoms with Gasteiger partial charge in [0.15, 0.2) is 11.6 Å². The summed E-state index contributed by atoms with van der Waals surface area (Å²) in [5.74, 6) is -1.15. The smallest absolute Gasteiger partial charge is 0.316 e. The zero-order valence-electron chi connectivity index (χ0n) is 14.0. The first-order chi connectivity index (χ1) is 12.5. The Bertz CT molecular complexity index is 933. The van der Waals surface area contributed by atoms with E-state index < -0.39 is 5.82 Å². The SMILES string of the molecule is CC1=C(Cc2cnc(OC3COC3)nc2)C(=O)c2cc(F)ccc2C1=O. The van der Waals surface area contributed by atoms with Crippen LogP contribution in [0.1, 0.15) is 33.2 Å². The molecule has 2 heterocycles. The monoisotopic (exact) mass is 354 g/mol. The number of carbonyl (C=O) groups excluding carboxylic acids is 2. The van der Waals surface area contributed by atoms with E-state index in [1.807, 2.05) is 0 Å². The van der Waals surface area contributed by atoms with Crippen LogP contribution >= 0.6 is 0 Å². The summed E-state index contributed by atoms with van der Waals surface area (Å²) in [5, 5.41) is 0. The van der Waals surface area contributed by atoms with Crippen LogP contribution in [-0.4, -0.2) is 40.9 Å². The number of rotatable bonds is 4. The van der Waals surface area contributed by atoms with Gasteiger partial charge in [0.25, 0.3) is 0 Å². The zero-order chi connectivity index (χ0) is 18.3. The van der Waals surface area contributed by atoms with Crippen molar-refractivity contribution in [3.63, 3.8) is 0 Å². The number of allylic oxidation sites excluding steroid dienone is 2. The van der Waals surface area contributed by atoms with Crippen molar-refractivity contribution in [1.29, 1.82) is 0 Å². The molecule has 2 aromatic rings. The van der Waals surface area contributed by atoms with Crippen molar-refractivity contribution in [2.45, 2.75) is 19.4 Å². The minimum atomic E-state index is -0.548. The number of ketones is 2. The van der Waals surface area contributed by atoms with Crippen molar-refractivity contribution in [1.82, 2.24) is 9.97 Å². The lowest BCUT2D eigenvalue weighted by Crippen LogP contribution is -2.39. The van der Waals surface area contributed by atoms with E-state index in [9.17, 15) is 14.0 Å². The van der Waals surface area contributed by atoms with Crippen LogP contribution in [0.3, 0.4) is 0 Å². The average molecular weight is 354 g/mol. The molecule has 26 heavy (non-hydrogen) atoms. The first-order valence-corrected chi connectivity index (χ1v) is 8.17. The summed E-state index contributed by atoms with van der Waals surface area (Å²) in [6.07, 6.45) is 3.27. The highest BCUT2D eigenvalue weighted by molar-refractivity contribution is 6.26. The van der Waals surface area contributed by atoms with E-state index in [0.29, 0.717) is 29.9 Å². The second-order valence-electron chi connectivity index (χ2n) is 6.28. The van der Waals surface area contributed by atoms with Crippen LogP contribution in [-0.2, 0) is 11.2 Å². The molecule has 6 nitrogen and oxygen atoms in total. The first-order valence-electron chi connectivity index (χ1n) is 8.17. The molecule has 1 aliphatic carbocycles. The molecular formula is C19H15FN2O4. The molecule has 0 saturated carbocycles. The van der Waals surface area contributed by atoms with Gasteiger partial charge < -0.3 is 9.47 Å². The maximum absolute atomic E-state index is 13.5. The van der Waals surface area contributed by atoms with E-state index in [-0.39, 0.29) is 41.2 Å². The van der Waals surface area contributed by atoms with Crippen molar-refractivity contribution in [3.05, 3.63) is 64.2 Å². The van der Waals surface area contributed by atoms with E-state index in [1.165, 1.54) is 12.1 Å². The van der Waals surface area contributed by atoms with Crippen molar-refractivity contribution in [2.75, 3.05) is 13.2 Å². The van der Waals surface area contributed by atoms with Crippen LogP contribution in [0.5, 0.6) is 6.01 Å². The van der Waals surface area contributed by atoms with E-state index in [0.717, 1.165) is 6.07 Å². The van der Waals surface area contributed by atoms with Crippen LogP contribution in [0.15, 0.2) is 41.7 Å². The Morgan fingerprint density at radius 1 is 1.15 bits per heavy atom. The maximum atomic E-state index is 13.5. The third kappa shape index (κ3) is 2.90. The number of benzene rings is 1. The molecule has 1 aromatic heterocycles. The molecule has 1 saturated heterocycles. The molecule has 4 rings (SSSR count). The highest BCUT2D eigenvalue weighted by Crippen LogP contribution is 2.28. The highest BCUT2D eigenvalue weighted by Gasteiger charge is 2.30. The third-order valence-electron chi connectivity index (χ3n) is 4.48. The van der Waals surface area contributed by atoms with Gasteiger partial charge in [-0.15, -0.1) is 0 Å². The van der Waals surface area contributed by atoms with Crippen LogP contribution in [0.2, 0.25) is 0 Å². The van der Waals surface area contributed by atoms with E-state index in [2.05, 4.69) is 9.97 Å². The van der Waals surface area contributed by atoms with Crippen LogP contribution in [0.25, 0.3) is 0 Å². The number of carbonyl (C=O) groups is 2. The minimum Gasteiger partial charge on any atom is -0.455 e. The minimum absolute atomic E-state index is 0.0326. The van der Waals surface area contributed by atoms with Gasteiger partial charge in [-0.05, 0) is 30.7 Å². The fourth-order valence-corrected chi connectivity index (χ4v) is 2.92. The lowest BCUT2D eigenvalue weighted by Gasteiger charge is -2.25. The second-order valence-corrected chi connectivity index (χ2v) is 6.28. The normalized spacial score (nSPS) is 17.2. The number of hydrogen-bond acceptors (Lipinski definition) is 6. The molecule has 1 aliphatic heterocycles. The number of hydrogen-bond donors (Lipinski definition) is 0. The summed E-state index contributed by atoms with van der Waals surface area (Å²) in [6.45, 7) is 2.64. The van der Waals surface area contributed by atoms with E-state index in [1.54, 1.807) is 19.3 Å². The molecule has 1 aromatic carbocycles. The molecule has 0 atom stereocenters. The summed E-state index contributed by atoms with van der Waals surface area (Å²) < 4.78 is 24.0.